The van der Waals surface area contributed by atoms with E-state index in [0.29, 0.717) is 23.6 Å². The van der Waals surface area contributed by atoms with Gasteiger partial charge in [-0.3, -0.25) is 4.99 Å². The number of ether oxygens (including phenoxy) is 2. The maximum absolute atomic E-state index is 5.97. The maximum Gasteiger partial charge on any atom is 0.191 e. The number of nitrogens with one attached hydrogen (secondary N) is 2. The zero-order valence-corrected chi connectivity index (χ0v) is 16.9. The van der Waals surface area contributed by atoms with E-state index in [0.717, 1.165) is 51.6 Å². The average molecular weight is 367 g/mol. The smallest absolute Gasteiger partial charge is 0.191 e. The lowest BCUT2D eigenvalue weighted by molar-refractivity contribution is -0.168. The molecule has 0 radical (unpaired) electrons. The van der Waals surface area contributed by atoms with Gasteiger partial charge < -0.3 is 25.0 Å². The SMILES string of the molecule is CCOC1CC(NC(=NC)NC2CCN(CCCOC)CC2)C12CCC2. The molecule has 6 heteroatoms. The summed E-state index contributed by atoms with van der Waals surface area (Å²) in [6, 6.07) is 1.05. The Labute approximate surface area is 159 Å². The summed E-state index contributed by atoms with van der Waals surface area (Å²) in [7, 11) is 3.67. The molecule has 2 N–H and O–H groups in total. The van der Waals surface area contributed by atoms with E-state index in [4.69, 9.17) is 9.47 Å². The van der Waals surface area contributed by atoms with Gasteiger partial charge in [-0.2, -0.15) is 0 Å². The highest BCUT2D eigenvalue weighted by Crippen LogP contribution is 2.57. The van der Waals surface area contributed by atoms with E-state index in [9.17, 15) is 0 Å². The van der Waals surface area contributed by atoms with Crippen molar-refractivity contribution in [2.24, 2.45) is 10.4 Å². The monoisotopic (exact) mass is 366 g/mol. The van der Waals surface area contributed by atoms with Crippen molar-refractivity contribution in [3.8, 4) is 0 Å². The topological polar surface area (TPSA) is 58.1 Å². The van der Waals surface area contributed by atoms with Crippen molar-refractivity contribution >= 4 is 5.96 Å². The molecule has 1 heterocycles. The average Bonchev–Trinajstić information content (AvgIpc) is 2.60. The third-order valence-electron chi connectivity index (χ3n) is 6.72. The van der Waals surface area contributed by atoms with Crippen LogP contribution in [0, 0.1) is 5.41 Å². The number of hydrogen-bond acceptors (Lipinski definition) is 4. The van der Waals surface area contributed by atoms with Crippen molar-refractivity contribution in [2.75, 3.05) is 47.0 Å². The molecule has 1 spiro atoms. The van der Waals surface area contributed by atoms with Crippen LogP contribution in [0.15, 0.2) is 4.99 Å². The molecule has 0 aromatic heterocycles. The number of methoxy groups -OCH3 is 1. The van der Waals surface area contributed by atoms with Crippen LogP contribution in [0.2, 0.25) is 0 Å². The molecule has 2 saturated carbocycles. The van der Waals surface area contributed by atoms with E-state index in [-0.39, 0.29) is 0 Å². The van der Waals surface area contributed by atoms with E-state index < -0.39 is 0 Å². The van der Waals surface area contributed by atoms with E-state index in [1.54, 1.807) is 7.11 Å². The minimum Gasteiger partial charge on any atom is -0.385 e. The molecule has 6 nitrogen and oxygen atoms in total. The van der Waals surface area contributed by atoms with Crippen molar-refractivity contribution in [1.82, 2.24) is 15.5 Å². The molecule has 3 aliphatic rings. The first-order chi connectivity index (χ1) is 12.7. The van der Waals surface area contributed by atoms with Gasteiger partial charge in [0.25, 0.3) is 0 Å². The summed E-state index contributed by atoms with van der Waals surface area (Å²) in [5.74, 6) is 0.981. The third kappa shape index (κ3) is 4.34. The van der Waals surface area contributed by atoms with Crippen LogP contribution in [0.3, 0.4) is 0 Å². The predicted octanol–water partition coefficient (Wildman–Crippen LogP) is 2.00. The first kappa shape index (κ1) is 19.9. The highest BCUT2D eigenvalue weighted by molar-refractivity contribution is 5.80. The zero-order valence-electron chi connectivity index (χ0n) is 16.9. The number of piperidine rings is 1. The van der Waals surface area contributed by atoms with Crippen LogP contribution in [0.25, 0.3) is 0 Å². The number of guanidine groups is 1. The molecule has 2 atom stereocenters. The first-order valence-corrected chi connectivity index (χ1v) is 10.5. The van der Waals surface area contributed by atoms with Crippen molar-refractivity contribution in [3.05, 3.63) is 0 Å². The molecule has 3 rings (SSSR count). The Morgan fingerprint density at radius 2 is 2.00 bits per heavy atom. The Bertz CT molecular complexity index is 459. The van der Waals surface area contributed by atoms with Gasteiger partial charge in [-0.25, -0.2) is 0 Å². The molecular formula is C20H38N4O2. The second-order valence-corrected chi connectivity index (χ2v) is 8.14. The summed E-state index contributed by atoms with van der Waals surface area (Å²) in [5, 5.41) is 7.39. The molecule has 26 heavy (non-hydrogen) atoms. The molecule has 150 valence electrons. The highest BCUT2D eigenvalue weighted by atomic mass is 16.5. The Kier molecular flexibility index (Phi) is 7.18. The fourth-order valence-electron chi connectivity index (χ4n) is 4.90. The molecule has 1 saturated heterocycles. The number of hydrogen-bond donors (Lipinski definition) is 2. The predicted molar refractivity (Wildman–Crippen MR) is 106 cm³/mol. The number of nitrogens with zero attached hydrogens (tertiary/aromatic N) is 2. The summed E-state index contributed by atoms with van der Waals surface area (Å²) in [6.07, 6.45) is 9.01. The molecule has 3 fully saturated rings. The number of likely N-dealkylation sites (tertiary alicyclic amines) is 1. The quantitative estimate of drug-likeness (QED) is 0.391. The normalized spacial score (nSPS) is 29.3. The summed E-state index contributed by atoms with van der Waals surface area (Å²) < 4.78 is 11.1. The van der Waals surface area contributed by atoms with Crippen LogP contribution >= 0.6 is 0 Å². The summed E-state index contributed by atoms with van der Waals surface area (Å²) in [4.78, 5) is 7.05. The molecule has 2 unspecified atom stereocenters. The van der Waals surface area contributed by atoms with Crippen LogP contribution in [0.4, 0.5) is 0 Å². The van der Waals surface area contributed by atoms with Crippen LogP contribution in [0.5, 0.6) is 0 Å². The van der Waals surface area contributed by atoms with Crippen LogP contribution in [0.1, 0.15) is 51.9 Å². The van der Waals surface area contributed by atoms with Crippen molar-refractivity contribution < 1.29 is 9.47 Å². The first-order valence-electron chi connectivity index (χ1n) is 10.5. The van der Waals surface area contributed by atoms with Gasteiger partial charge in [0.2, 0.25) is 0 Å². The van der Waals surface area contributed by atoms with Crippen molar-refractivity contribution in [3.63, 3.8) is 0 Å². The molecular weight excluding hydrogens is 328 g/mol. The molecule has 0 aromatic carbocycles. The van der Waals surface area contributed by atoms with Crippen molar-refractivity contribution in [1.29, 1.82) is 0 Å². The minimum atomic E-state index is 0.373. The molecule has 0 aromatic rings. The molecule has 2 aliphatic carbocycles. The van der Waals surface area contributed by atoms with E-state index >= 15 is 0 Å². The Morgan fingerprint density at radius 3 is 2.58 bits per heavy atom. The molecule has 1 aliphatic heterocycles. The maximum atomic E-state index is 5.97. The lowest BCUT2D eigenvalue weighted by atomic mass is 9.51. The molecule has 0 amide bonds. The molecule has 0 bridgehead atoms. The second-order valence-electron chi connectivity index (χ2n) is 8.14. The summed E-state index contributed by atoms with van der Waals surface area (Å²) in [5.41, 5.74) is 0.373. The van der Waals surface area contributed by atoms with Crippen molar-refractivity contribution in [2.45, 2.75) is 70.1 Å². The van der Waals surface area contributed by atoms with Gasteiger partial charge in [0.1, 0.15) is 0 Å². The van der Waals surface area contributed by atoms with E-state index in [1.807, 2.05) is 7.05 Å². The van der Waals surface area contributed by atoms with Gasteiger partial charge in [-0.15, -0.1) is 0 Å². The van der Waals surface area contributed by atoms with E-state index in [2.05, 4.69) is 27.4 Å². The van der Waals surface area contributed by atoms with Gasteiger partial charge in [-0.05, 0) is 45.4 Å². The Hall–Kier alpha value is -0.850. The van der Waals surface area contributed by atoms with E-state index in [1.165, 1.54) is 32.1 Å². The Morgan fingerprint density at radius 1 is 1.23 bits per heavy atom. The fraction of sp³-hybridized carbons (Fsp3) is 0.950. The zero-order chi connectivity index (χ0) is 18.4. The van der Waals surface area contributed by atoms with Crippen LogP contribution in [-0.4, -0.2) is 76.1 Å². The lowest BCUT2D eigenvalue weighted by Gasteiger charge is -2.61. The van der Waals surface area contributed by atoms with Crippen LogP contribution < -0.4 is 10.6 Å². The van der Waals surface area contributed by atoms with Gasteiger partial charge in [-0.1, -0.05) is 6.42 Å². The summed E-state index contributed by atoms with van der Waals surface area (Å²) >= 11 is 0. The lowest BCUT2D eigenvalue weighted by Crippen LogP contribution is -2.69. The number of rotatable bonds is 8. The standard InChI is InChI=1S/C20H38N4O2/c1-4-26-18-15-17(20(18)9-5-10-20)23-19(21-2)22-16-7-12-24(13-8-16)11-6-14-25-3/h16-18H,4-15H2,1-3H3,(H2,21,22,23). The van der Waals surface area contributed by atoms with Gasteiger partial charge in [0.15, 0.2) is 5.96 Å². The van der Waals surface area contributed by atoms with Crippen LogP contribution in [-0.2, 0) is 9.47 Å². The Balaban J connectivity index is 1.41. The van der Waals surface area contributed by atoms with Gasteiger partial charge in [0, 0.05) is 64.5 Å². The summed E-state index contributed by atoms with van der Waals surface area (Å²) in [6.45, 7) is 7.28. The number of aliphatic imine (C=N–C) groups is 1. The highest BCUT2D eigenvalue weighted by Gasteiger charge is 2.59. The third-order valence-corrected chi connectivity index (χ3v) is 6.72. The van der Waals surface area contributed by atoms with Gasteiger partial charge in [0.05, 0.1) is 6.10 Å². The fourth-order valence-corrected chi connectivity index (χ4v) is 4.90. The van der Waals surface area contributed by atoms with Gasteiger partial charge >= 0.3 is 0 Å². The largest absolute Gasteiger partial charge is 0.385 e. The second kappa shape index (κ2) is 9.38. The minimum absolute atomic E-state index is 0.373.